The summed E-state index contributed by atoms with van der Waals surface area (Å²) in [4.78, 5) is 30.8. The maximum Gasteiger partial charge on any atom is 0.339 e. The van der Waals surface area contributed by atoms with Crippen LogP contribution in [0.4, 0.5) is 17.6 Å². The molecule has 0 aromatic heterocycles. The van der Waals surface area contributed by atoms with Gasteiger partial charge in [0.1, 0.15) is 17.2 Å². The third-order valence-electron chi connectivity index (χ3n) is 2.70. The van der Waals surface area contributed by atoms with Crippen LogP contribution in [0.1, 0.15) is 34.6 Å². The molecule has 0 heterocycles. The minimum absolute atomic E-state index is 0.0208. The van der Waals surface area contributed by atoms with Crippen LogP contribution in [-0.2, 0) is 4.79 Å². The Morgan fingerprint density at radius 2 is 1.08 bits per heavy atom. The van der Waals surface area contributed by atoms with Gasteiger partial charge in [0.15, 0.2) is 23.3 Å². The van der Waals surface area contributed by atoms with Gasteiger partial charge in [0, 0.05) is 0 Å². The number of aliphatic carboxylic acids is 1. The highest BCUT2D eigenvalue weighted by atomic mass is 19.2. The molecule has 11 heteroatoms. The zero-order valence-corrected chi connectivity index (χ0v) is 12.3. The van der Waals surface area contributed by atoms with Crippen LogP contribution < -0.4 is 5.73 Å². The summed E-state index contributed by atoms with van der Waals surface area (Å²) >= 11 is 0. The lowest BCUT2D eigenvalue weighted by Gasteiger charge is -2.07. The summed E-state index contributed by atoms with van der Waals surface area (Å²) in [6.45, 7) is 3.55. The Balaban J connectivity index is 0.000000561. The molecule has 0 fully saturated rings. The first-order chi connectivity index (χ1) is 10.8. The van der Waals surface area contributed by atoms with Crippen molar-refractivity contribution in [3.8, 4) is 0 Å². The summed E-state index contributed by atoms with van der Waals surface area (Å²) in [7, 11) is 0. The minimum atomic E-state index is -2.38. The fraction of sp³-hybridized carbons (Fsp3) is 0.308. The minimum Gasteiger partial charge on any atom is -0.480 e. The van der Waals surface area contributed by atoms with Crippen molar-refractivity contribution >= 4 is 17.9 Å². The van der Waals surface area contributed by atoms with E-state index in [0.29, 0.717) is 0 Å². The second-order valence-corrected chi connectivity index (χ2v) is 4.72. The van der Waals surface area contributed by atoms with Crippen LogP contribution in [0.3, 0.4) is 0 Å². The van der Waals surface area contributed by atoms with Gasteiger partial charge in [-0.2, -0.15) is 0 Å². The molecular weight excluding hydrogens is 342 g/mol. The molecular formula is C13H13F4NO6. The van der Waals surface area contributed by atoms with Gasteiger partial charge in [0.25, 0.3) is 0 Å². The van der Waals surface area contributed by atoms with Crippen LogP contribution >= 0.6 is 0 Å². The number of carboxylic acid groups (broad SMARTS) is 3. The van der Waals surface area contributed by atoms with Crippen molar-refractivity contribution in [2.75, 3.05) is 0 Å². The van der Waals surface area contributed by atoms with Crippen LogP contribution in [0, 0.1) is 29.2 Å². The molecule has 0 unspecified atom stereocenters. The Labute approximate surface area is 132 Å². The summed E-state index contributed by atoms with van der Waals surface area (Å²) in [5.41, 5.74) is 1.64. The lowest BCUT2D eigenvalue weighted by molar-refractivity contribution is -0.139. The number of nitrogens with two attached hydrogens (primary N) is 1. The van der Waals surface area contributed by atoms with Gasteiger partial charge in [0.05, 0.1) is 0 Å². The van der Waals surface area contributed by atoms with Crippen LogP contribution in [-0.4, -0.2) is 39.3 Å². The topological polar surface area (TPSA) is 138 Å². The number of carboxylic acids is 3. The van der Waals surface area contributed by atoms with Gasteiger partial charge in [-0.1, -0.05) is 13.8 Å². The first kappa shape index (κ1) is 21.3. The highest BCUT2D eigenvalue weighted by Gasteiger charge is 2.32. The van der Waals surface area contributed by atoms with Crippen LogP contribution in [0.25, 0.3) is 0 Å². The Morgan fingerprint density at radius 3 is 1.21 bits per heavy atom. The average Bonchev–Trinajstić information content (AvgIpc) is 2.47. The molecule has 0 amide bonds. The standard InChI is InChI=1S/C8H2F4O4.C5H11NO2/c9-3-1(7(13)14)2(8(15)16)4(10)6(12)5(3)11;1-3(2)4(6)5(7)8/h(H,13,14)(H,15,16);3-4H,6H2,1-2H3,(H,7,8)/t;4-/m.0/s1. The Morgan fingerprint density at radius 1 is 0.792 bits per heavy atom. The Hall–Kier alpha value is -2.69. The molecule has 0 aliphatic rings. The summed E-state index contributed by atoms with van der Waals surface area (Å²) in [5.74, 6) is -14.6. The van der Waals surface area contributed by atoms with Gasteiger partial charge >= 0.3 is 17.9 Å². The second kappa shape index (κ2) is 8.24. The molecule has 134 valence electrons. The average molecular weight is 355 g/mol. The predicted octanol–water partition coefficient (Wildman–Crippen LogP) is 1.69. The first-order valence-electron chi connectivity index (χ1n) is 6.15. The van der Waals surface area contributed by atoms with E-state index in [1.165, 1.54) is 0 Å². The predicted molar refractivity (Wildman–Crippen MR) is 70.6 cm³/mol. The highest BCUT2D eigenvalue weighted by molar-refractivity contribution is 6.02. The van der Waals surface area contributed by atoms with Gasteiger partial charge in [-0.05, 0) is 5.92 Å². The van der Waals surface area contributed by atoms with Gasteiger partial charge in [-0.3, -0.25) is 4.79 Å². The molecule has 24 heavy (non-hydrogen) atoms. The van der Waals surface area contributed by atoms with E-state index in [1.54, 1.807) is 13.8 Å². The number of aromatic carboxylic acids is 2. The Bertz CT molecular complexity index is 632. The van der Waals surface area contributed by atoms with E-state index in [2.05, 4.69) is 0 Å². The normalized spacial score (nSPS) is 11.5. The SMILES string of the molecule is CC(C)[C@H](N)C(=O)O.O=C(O)c1c(F)c(F)c(F)c(F)c1C(=O)O. The molecule has 0 aliphatic carbocycles. The summed E-state index contributed by atoms with van der Waals surface area (Å²) in [5, 5.41) is 25.0. The lowest BCUT2D eigenvalue weighted by Crippen LogP contribution is -2.34. The number of hydrogen-bond acceptors (Lipinski definition) is 4. The van der Waals surface area contributed by atoms with E-state index < -0.39 is 58.3 Å². The van der Waals surface area contributed by atoms with Crippen molar-refractivity contribution in [2.45, 2.75) is 19.9 Å². The lowest BCUT2D eigenvalue weighted by atomic mass is 10.1. The molecule has 1 atom stereocenters. The fourth-order valence-electron chi connectivity index (χ4n) is 1.32. The van der Waals surface area contributed by atoms with E-state index in [-0.39, 0.29) is 5.92 Å². The number of benzene rings is 1. The number of rotatable bonds is 4. The van der Waals surface area contributed by atoms with Crippen LogP contribution in [0.15, 0.2) is 0 Å². The molecule has 1 aromatic rings. The molecule has 0 saturated carbocycles. The zero-order valence-electron chi connectivity index (χ0n) is 12.3. The van der Waals surface area contributed by atoms with Crippen LogP contribution in [0.5, 0.6) is 0 Å². The molecule has 0 saturated heterocycles. The largest absolute Gasteiger partial charge is 0.480 e. The van der Waals surface area contributed by atoms with E-state index >= 15 is 0 Å². The van der Waals surface area contributed by atoms with E-state index in [9.17, 15) is 31.9 Å². The van der Waals surface area contributed by atoms with Crippen molar-refractivity contribution < 1.29 is 47.3 Å². The van der Waals surface area contributed by atoms with Crippen molar-refractivity contribution in [1.82, 2.24) is 0 Å². The number of carbonyl (C=O) groups is 3. The monoisotopic (exact) mass is 355 g/mol. The van der Waals surface area contributed by atoms with E-state index in [4.69, 9.17) is 21.1 Å². The molecule has 1 aromatic carbocycles. The van der Waals surface area contributed by atoms with Crippen molar-refractivity contribution in [3.63, 3.8) is 0 Å². The quantitative estimate of drug-likeness (QED) is 0.366. The van der Waals surface area contributed by atoms with Gasteiger partial charge in [-0.25, -0.2) is 27.2 Å². The molecule has 1 rings (SSSR count). The number of halogens is 4. The molecule has 0 radical (unpaired) electrons. The molecule has 0 aliphatic heterocycles. The van der Waals surface area contributed by atoms with Gasteiger partial charge in [0.2, 0.25) is 0 Å². The van der Waals surface area contributed by atoms with Gasteiger partial charge in [-0.15, -0.1) is 0 Å². The van der Waals surface area contributed by atoms with Crippen LogP contribution in [0.2, 0.25) is 0 Å². The van der Waals surface area contributed by atoms with Crippen molar-refractivity contribution in [2.24, 2.45) is 11.7 Å². The van der Waals surface area contributed by atoms with E-state index in [1.807, 2.05) is 0 Å². The first-order valence-corrected chi connectivity index (χ1v) is 6.15. The summed E-state index contributed by atoms with van der Waals surface area (Å²) in [6, 6.07) is -0.713. The summed E-state index contributed by atoms with van der Waals surface area (Å²) in [6.07, 6.45) is 0. The molecule has 5 N–H and O–H groups in total. The molecule has 0 bridgehead atoms. The Kier molecular flexibility index (Phi) is 7.32. The zero-order chi connectivity index (χ0) is 19.4. The maximum atomic E-state index is 12.9. The second-order valence-electron chi connectivity index (χ2n) is 4.72. The van der Waals surface area contributed by atoms with E-state index in [0.717, 1.165) is 0 Å². The number of hydrogen-bond donors (Lipinski definition) is 4. The van der Waals surface area contributed by atoms with Gasteiger partial charge < -0.3 is 21.1 Å². The van der Waals surface area contributed by atoms with Crippen molar-refractivity contribution in [1.29, 1.82) is 0 Å². The fourth-order valence-corrected chi connectivity index (χ4v) is 1.32. The van der Waals surface area contributed by atoms with Crippen molar-refractivity contribution in [3.05, 3.63) is 34.4 Å². The third kappa shape index (κ3) is 4.65. The molecule has 7 nitrogen and oxygen atoms in total. The smallest absolute Gasteiger partial charge is 0.339 e. The maximum absolute atomic E-state index is 12.9. The molecule has 0 spiro atoms. The summed E-state index contributed by atoms with van der Waals surface area (Å²) < 4.78 is 51.0. The highest BCUT2D eigenvalue weighted by Crippen LogP contribution is 2.24. The third-order valence-corrected chi connectivity index (χ3v) is 2.70.